The summed E-state index contributed by atoms with van der Waals surface area (Å²) in [5.74, 6) is 0. The van der Waals surface area contributed by atoms with Gasteiger partial charge in [-0.15, -0.1) is 0 Å². The van der Waals surface area contributed by atoms with Gasteiger partial charge in [0, 0.05) is 27.1 Å². The lowest BCUT2D eigenvalue weighted by Crippen LogP contribution is -2.42. The van der Waals surface area contributed by atoms with E-state index in [0.717, 1.165) is 16.4 Å². The largest absolute Gasteiger partial charge is 0.466 e. The Balaban J connectivity index is 1.84. The van der Waals surface area contributed by atoms with Crippen molar-refractivity contribution in [2.75, 3.05) is 6.61 Å². The second-order valence-electron chi connectivity index (χ2n) is 6.01. The second-order valence-corrected chi connectivity index (χ2v) is 6.87. The fraction of sp³-hybridized carbons (Fsp3) is 0.211. The van der Waals surface area contributed by atoms with Crippen molar-refractivity contribution in [1.29, 1.82) is 0 Å². The maximum Gasteiger partial charge on any atom is 0.293 e. The molecule has 0 aliphatic carbocycles. The Kier molecular flexibility index (Phi) is 4.12. The van der Waals surface area contributed by atoms with Gasteiger partial charge in [-0.2, -0.15) is 0 Å². The maximum absolute atomic E-state index is 10.6. The Hall–Kier alpha value is -2.11. The Bertz CT molecular complexity index is 890. The van der Waals surface area contributed by atoms with Crippen molar-refractivity contribution in [2.24, 2.45) is 0 Å². The molecule has 122 valence electrons. The summed E-state index contributed by atoms with van der Waals surface area (Å²) in [6, 6.07) is 16.7. The smallest absolute Gasteiger partial charge is 0.293 e. The van der Waals surface area contributed by atoms with Crippen LogP contribution in [-0.4, -0.2) is 24.1 Å². The van der Waals surface area contributed by atoms with Crippen molar-refractivity contribution in [3.63, 3.8) is 0 Å². The molecule has 2 aromatic carbocycles. The molecule has 0 unspecified atom stereocenters. The molecular weight excluding hydrogens is 368 g/mol. The highest BCUT2D eigenvalue weighted by atomic mass is 79.9. The lowest BCUT2D eigenvalue weighted by atomic mass is 9.90. The number of carbonyl (C=O) groups excluding carboxylic acids is 1. The molecule has 1 aliphatic heterocycles. The van der Waals surface area contributed by atoms with Gasteiger partial charge in [0.05, 0.1) is 6.04 Å². The van der Waals surface area contributed by atoms with E-state index in [0.29, 0.717) is 13.1 Å². The van der Waals surface area contributed by atoms with E-state index in [1.807, 2.05) is 24.3 Å². The summed E-state index contributed by atoms with van der Waals surface area (Å²) in [7, 11) is 0. The maximum atomic E-state index is 10.6. The van der Waals surface area contributed by atoms with E-state index < -0.39 is 0 Å². The van der Waals surface area contributed by atoms with E-state index in [-0.39, 0.29) is 12.1 Å². The zero-order valence-corrected chi connectivity index (χ0v) is 14.5. The molecule has 2 N–H and O–H groups in total. The predicted octanol–water partition coefficient (Wildman–Crippen LogP) is 3.71. The molecule has 0 saturated heterocycles. The summed E-state index contributed by atoms with van der Waals surface area (Å²) in [5.41, 5.74) is 4.79. The van der Waals surface area contributed by atoms with Crippen LogP contribution < -0.4 is 5.32 Å². The number of aromatic nitrogens is 1. The third-order valence-corrected chi connectivity index (χ3v) is 5.29. The first kappa shape index (κ1) is 15.4. The second kappa shape index (κ2) is 6.42. The van der Waals surface area contributed by atoms with E-state index in [4.69, 9.17) is 4.74 Å². The molecule has 4 nitrogen and oxygen atoms in total. The topological polar surface area (TPSA) is 54.1 Å². The van der Waals surface area contributed by atoms with Gasteiger partial charge in [0.2, 0.25) is 0 Å². The molecule has 4 rings (SSSR count). The lowest BCUT2D eigenvalue weighted by molar-refractivity contribution is -0.129. The van der Waals surface area contributed by atoms with Crippen molar-refractivity contribution in [2.45, 2.75) is 18.5 Å². The van der Waals surface area contributed by atoms with Crippen LogP contribution in [0.5, 0.6) is 0 Å². The van der Waals surface area contributed by atoms with Crippen molar-refractivity contribution in [1.82, 2.24) is 10.3 Å². The van der Waals surface area contributed by atoms with E-state index in [1.165, 1.54) is 22.2 Å². The van der Waals surface area contributed by atoms with Crippen LogP contribution in [0.3, 0.4) is 0 Å². The van der Waals surface area contributed by atoms with Crippen molar-refractivity contribution < 1.29 is 9.53 Å². The molecule has 1 aromatic heterocycles. The normalized spacial score (nSPS) is 19.9. The number of benzene rings is 2. The predicted molar refractivity (Wildman–Crippen MR) is 96.9 cm³/mol. The van der Waals surface area contributed by atoms with Crippen LogP contribution in [0.4, 0.5) is 0 Å². The van der Waals surface area contributed by atoms with Crippen LogP contribution >= 0.6 is 15.9 Å². The van der Waals surface area contributed by atoms with Gasteiger partial charge >= 0.3 is 0 Å². The summed E-state index contributed by atoms with van der Waals surface area (Å²) in [4.78, 5) is 14.2. The highest BCUT2D eigenvalue weighted by Gasteiger charge is 2.31. The number of hydrogen-bond donors (Lipinski definition) is 2. The highest BCUT2D eigenvalue weighted by Crippen LogP contribution is 2.37. The molecule has 0 radical (unpaired) electrons. The number of halogens is 1. The standard InChI is InChI=1S/C19H17BrN2O2/c20-16-7-3-1-6-14(16)18-19-15(9-12(21-18)10-24-11-23)13-5-2-4-8-17(13)22-19/h1-8,11-12,18,21-22H,9-10H2/t12-,18-/m1/s1. The van der Waals surface area contributed by atoms with E-state index >= 15 is 0 Å². The lowest BCUT2D eigenvalue weighted by Gasteiger charge is -2.31. The molecule has 5 heteroatoms. The van der Waals surface area contributed by atoms with Gasteiger partial charge in [-0.1, -0.05) is 52.3 Å². The van der Waals surface area contributed by atoms with Crippen LogP contribution in [0.15, 0.2) is 53.0 Å². The van der Waals surface area contributed by atoms with E-state index in [9.17, 15) is 4.79 Å². The van der Waals surface area contributed by atoms with E-state index in [2.05, 4.69) is 50.5 Å². The quantitative estimate of drug-likeness (QED) is 0.674. The number of rotatable bonds is 4. The number of carbonyl (C=O) groups is 1. The van der Waals surface area contributed by atoms with Gasteiger partial charge in [-0.3, -0.25) is 10.1 Å². The molecule has 2 atom stereocenters. The molecular formula is C19H17BrN2O2. The first-order valence-electron chi connectivity index (χ1n) is 7.93. The molecule has 1 aliphatic rings. The molecule has 3 aromatic rings. The van der Waals surface area contributed by atoms with Crippen molar-refractivity contribution >= 4 is 33.3 Å². The summed E-state index contributed by atoms with van der Waals surface area (Å²) < 4.78 is 6.09. The Morgan fingerprint density at radius 3 is 2.79 bits per heavy atom. The Morgan fingerprint density at radius 2 is 1.96 bits per heavy atom. The molecule has 0 fully saturated rings. The number of nitrogens with one attached hydrogen (secondary N) is 2. The zero-order chi connectivity index (χ0) is 16.5. The average Bonchev–Trinajstić information content (AvgIpc) is 2.98. The molecule has 2 heterocycles. The molecule has 0 spiro atoms. The molecule has 0 saturated carbocycles. The number of ether oxygens (including phenoxy) is 1. The number of para-hydroxylation sites is 1. The first-order chi connectivity index (χ1) is 11.8. The van der Waals surface area contributed by atoms with Crippen LogP contribution in [0.1, 0.15) is 22.9 Å². The van der Waals surface area contributed by atoms with Crippen LogP contribution in [0.25, 0.3) is 10.9 Å². The average molecular weight is 385 g/mol. The minimum Gasteiger partial charge on any atom is -0.466 e. The van der Waals surface area contributed by atoms with Gasteiger partial charge in [0.15, 0.2) is 0 Å². The van der Waals surface area contributed by atoms with Gasteiger partial charge in [-0.05, 0) is 29.7 Å². The summed E-state index contributed by atoms with van der Waals surface area (Å²) in [6.07, 6.45) is 0.828. The van der Waals surface area contributed by atoms with E-state index in [1.54, 1.807) is 0 Å². The van der Waals surface area contributed by atoms with Gasteiger partial charge in [-0.25, -0.2) is 0 Å². The molecule has 24 heavy (non-hydrogen) atoms. The minimum absolute atomic E-state index is 0.0250. The van der Waals surface area contributed by atoms with Gasteiger partial charge in [0.1, 0.15) is 6.61 Å². The summed E-state index contributed by atoms with van der Waals surface area (Å²) in [5, 5.41) is 4.86. The summed E-state index contributed by atoms with van der Waals surface area (Å²) in [6.45, 7) is 0.878. The van der Waals surface area contributed by atoms with Crippen LogP contribution in [-0.2, 0) is 16.0 Å². The van der Waals surface area contributed by atoms with Crippen molar-refractivity contribution in [3.05, 3.63) is 69.8 Å². The highest BCUT2D eigenvalue weighted by molar-refractivity contribution is 9.10. The fourth-order valence-electron chi connectivity index (χ4n) is 3.53. The van der Waals surface area contributed by atoms with Gasteiger partial charge < -0.3 is 9.72 Å². The number of fused-ring (bicyclic) bond motifs is 3. The molecule has 0 amide bonds. The Morgan fingerprint density at radius 1 is 1.17 bits per heavy atom. The number of H-pyrrole nitrogens is 1. The number of hydrogen-bond acceptors (Lipinski definition) is 3. The van der Waals surface area contributed by atoms with Crippen LogP contribution in [0.2, 0.25) is 0 Å². The first-order valence-corrected chi connectivity index (χ1v) is 8.72. The Labute approximate surface area is 148 Å². The summed E-state index contributed by atoms with van der Waals surface area (Å²) >= 11 is 3.66. The zero-order valence-electron chi connectivity index (χ0n) is 13.0. The SMILES string of the molecule is O=COC[C@H]1Cc2c([nH]c3ccccc23)[C@@H](c2ccccc2Br)N1. The molecule has 0 bridgehead atoms. The third-order valence-electron chi connectivity index (χ3n) is 4.57. The monoisotopic (exact) mass is 384 g/mol. The number of aromatic amines is 1. The van der Waals surface area contributed by atoms with Crippen molar-refractivity contribution in [3.8, 4) is 0 Å². The van der Waals surface area contributed by atoms with Gasteiger partial charge in [0.25, 0.3) is 6.47 Å². The fourth-order valence-corrected chi connectivity index (χ4v) is 4.04. The third kappa shape index (κ3) is 2.64. The minimum atomic E-state index is 0.0250. The van der Waals surface area contributed by atoms with Crippen LogP contribution in [0, 0.1) is 0 Å².